The van der Waals surface area contributed by atoms with Crippen molar-refractivity contribution < 1.29 is 28.6 Å². The van der Waals surface area contributed by atoms with Crippen LogP contribution in [0.4, 0.5) is 4.79 Å². The molecule has 2 rings (SSSR count). The summed E-state index contributed by atoms with van der Waals surface area (Å²) < 4.78 is 16.3. The smallest absolute Gasteiger partial charge is 0.408 e. The summed E-state index contributed by atoms with van der Waals surface area (Å²) >= 11 is 6.23. The Balaban J connectivity index is 1.93. The third-order valence-electron chi connectivity index (χ3n) is 5.06. The molecule has 0 radical (unpaired) electrons. The maximum atomic E-state index is 12.9. The van der Waals surface area contributed by atoms with E-state index in [2.05, 4.69) is 16.0 Å². The first kappa shape index (κ1) is 29.8. The van der Waals surface area contributed by atoms with Gasteiger partial charge in [0.2, 0.25) is 11.8 Å². The summed E-state index contributed by atoms with van der Waals surface area (Å²) in [7, 11) is 1.56. The van der Waals surface area contributed by atoms with E-state index in [9.17, 15) is 14.4 Å². The molecule has 0 saturated carbocycles. The number of carbonyl (C=O) groups excluding carboxylic acids is 3. The number of nitrogens with one attached hydrogen (secondary N) is 3. The quantitative estimate of drug-likeness (QED) is 0.332. The number of alkyl carbamates (subject to hydrolysis) is 1. The van der Waals surface area contributed by atoms with E-state index in [0.717, 1.165) is 5.56 Å². The lowest BCUT2D eigenvalue weighted by atomic mass is 10.1. The largest absolute Gasteiger partial charge is 0.497 e. The minimum Gasteiger partial charge on any atom is -0.497 e. The van der Waals surface area contributed by atoms with E-state index in [4.69, 9.17) is 25.8 Å². The molecule has 0 saturated heterocycles. The van der Waals surface area contributed by atoms with Crippen LogP contribution in [-0.2, 0) is 20.9 Å². The van der Waals surface area contributed by atoms with Gasteiger partial charge < -0.3 is 30.2 Å². The van der Waals surface area contributed by atoms with E-state index < -0.39 is 17.7 Å². The second kappa shape index (κ2) is 14.3. The van der Waals surface area contributed by atoms with Crippen LogP contribution in [0.2, 0.25) is 5.02 Å². The summed E-state index contributed by atoms with van der Waals surface area (Å²) in [5, 5.41) is 8.67. The molecule has 0 aliphatic rings. The van der Waals surface area contributed by atoms with Crippen LogP contribution >= 0.6 is 11.6 Å². The van der Waals surface area contributed by atoms with Gasteiger partial charge in [0.15, 0.2) is 0 Å². The molecule has 2 aromatic rings. The molecular formula is C27H36ClN3O6. The predicted molar refractivity (Wildman–Crippen MR) is 142 cm³/mol. The monoisotopic (exact) mass is 533 g/mol. The number of benzene rings is 2. The van der Waals surface area contributed by atoms with E-state index in [1.807, 2.05) is 12.1 Å². The number of unbranched alkanes of at least 4 members (excludes halogenated alkanes) is 1. The van der Waals surface area contributed by atoms with Crippen molar-refractivity contribution in [2.24, 2.45) is 0 Å². The molecule has 0 aliphatic heterocycles. The number of hydrogen-bond acceptors (Lipinski definition) is 6. The Morgan fingerprint density at radius 1 is 0.973 bits per heavy atom. The van der Waals surface area contributed by atoms with Crippen molar-refractivity contribution in [3.63, 3.8) is 0 Å². The molecule has 1 atom stereocenters. The highest BCUT2D eigenvalue weighted by atomic mass is 35.5. The molecule has 0 aromatic heterocycles. The van der Waals surface area contributed by atoms with Gasteiger partial charge in [-0.1, -0.05) is 23.7 Å². The van der Waals surface area contributed by atoms with Crippen LogP contribution in [0.25, 0.3) is 0 Å². The van der Waals surface area contributed by atoms with E-state index in [0.29, 0.717) is 48.1 Å². The summed E-state index contributed by atoms with van der Waals surface area (Å²) in [5.41, 5.74) is 0.166. The molecular weight excluding hydrogens is 498 g/mol. The van der Waals surface area contributed by atoms with Gasteiger partial charge >= 0.3 is 6.09 Å². The average molecular weight is 534 g/mol. The van der Waals surface area contributed by atoms with Crippen LogP contribution < -0.4 is 25.4 Å². The summed E-state index contributed by atoms with van der Waals surface area (Å²) in [5.74, 6) is 1.29. The zero-order valence-corrected chi connectivity index (χ0v) is 22.7. The number of hydrogen-bond donors (Lipinski definition) is 3. The average Bonchev–Trinajstić information content (AvgIpc) is 2.82. The van der Waals surface area contributed by atoms with Crippen LogP contribution in [0.3, 0.4) is 0 Å². The second-order valence-corrected chi connectivity index (χ2v) is 9.84. The number of methoxy groups -OCH3 is 1. The van der Waals surface area contributed by atoms with Gasteiger partial charge in [-0.05, 0) is 69.9 Å². The minimum absolute atomic E-state index is 0.107. The van der Waals surface area contributed by atoms with Gasteiger partial charge in [0, 0.05) is 26.1 Å². The Labute approximate surface area is 223 Å². The number of rotatable bonds is 12. The Morgan fingerprint density at radius 3 is 2.24 bits per heavy atom. The Bertz CT molecular complexity index is 1050. The number of amides is 3. The van der Waals surface area contributed by atoms with Crippen LogP contribution in [0.15, 0.2) is 42.5 Å². The van der Waals surface area contributed by atoms with E-state index in [-0.39, 0.29) is 18.4 Å². The van der Waals surface area contributed by atoms with Crippen LogP contribution in [-0.4, -0.2) is 43.2 Å². The van der Waals surface area contributed by atoms with Crippen molar-refractivity contribution in [2.45, 2.75) is 65.1 Å². The van der Waals surface area contributed by atoms with Crippen LogP contribution in [0, 0.1) is 0 Å². The van der Waals surface area contributed by atoms with E-state index >= 15 is 0 Å². The fraction of sp³-hybridized carbons (Fsp3) is 0.444. The van der Waals surface area contributed by atoms with Crippen molar-refractivity contribution in [3.8, 4) is 17.2 Å². The van der Waals surface area contributed by atoms with Gasteiger partial charge in [-0.3, -0.25) is 9.59 Å². The summed E-state index contributed by atoms with van der Waals surface area (Å²) in [4.78, 5) is 36.2. The highest BCUT2D eigenvalue weighted by Gasteiger charge is 2.24. The van der Waals surface area contributed by atoms with Gasteiger partial charge in [0.25, 0.3) is 0 Å². The molecule has 0 spiro atoms. The summed E-state index contributed by atoms with van der Waals surface area (Å²) in [6, 6.07) is 11.6. The second-order valence-electron chi connectivity index (χ2n) is 9.44. The van der Waals surface area contributed by atoms with Crippen molar-refractivity contribution in [1.82, 2.24) is 16.0 Å². The minimum atomic E-state index is -0.771. The predicted octanol–water partition coefficient (Wildman–Crippen LogP) is 4.96. The lowest BCUT2D eigenvalue weighted by Gasteiger charge is -2.23. The Kier molecular flexibility index (Phi) is 11.5. The fourth-order valence-electron chi connectivity index (χ4n) is 3.26. The molecule has 202 valence electrons. The van der Waals surface area contributed by atoms with Gasteiger partial charge in [0.05, 0.1) is 12.1 Å². The molecule has 9 nitrogen and oxygen atoms in total. The first-order valence-corrected chi connectivity index (χ1v) is 12.5. The molecule has 3 N–H and O–H groups in total. The van der Waals surface area contributed by atoms with Crippen LogP contribution in [0.1, 0.15) is 52.5 Å². The molecule has 2 aromatic carbocycles. The third-order valence-corrected chi connectivity index (χ3v) is 5.35. The first-order valence-electron chi connectivity index (χ1n) is 12.1. The third kappa shape index (κ3) is 11.4. The molecule has 0 aliphatic carbocycles. The van der Waals surface area contributed by atoms with Gasteiger partial charge in [-0.15, -0.1) is 0 Å². The molecule has 3 amide bonds. The van der Waals surface area contributed by atoms with E-state index in [1.54, 1.807) is 58.2 Å². The van der Waals surface area contributed by atoms with Gasteiger partial charge in [-0.2, -0.15) is 0 Å². The molecule has 0 fully saturated rings. The number of ether oxygens (including phenoxy) is 3. The topological polar surface area (TPSA) is 115 Å². The zero-order chi connectivity index (χ0) is 27.4. The lowest BCUT2D eigenvalue weighted by molar-refractivity contribution is -0.123. The van der Waals surface area contributed by atoms with Gasteiger partial charge in [0.1, 0.15) is 28.9 Å². The van der Waals surface area contributed by atoms with Crippen LogP contribution in [0.5, 0.6) is 17.2 Å². The van der Waals surface area contributed by atoms with Crippen molar-refractivity contribution in [2.75, 3.05) is 13.7 Å². The normalized spacial score (nSPS) is 11.7. The molecule has 10 heteroatoms. The maximum Gasteiger partial charge on any atom is 0.408 e. The lowest BCUT2D eigenvalue weighted by Crippen LogP contribution is -2.48. The summed E-state index contributed by atoms with van der Waals surface area (Å²) in [6.45, 7) is 7.49. The molecule has 0 unspecified atom stereocenters. The number of carbonyl (C=O) groups is 3. The van der Waals surface area contributed by atoms with Crippen molar-refractivity contribution in [3.05, 3.63) is 53.1 Å². The first-order chi connectivity index (χ1) is 17.5. The van der Waals surface area contributed by atoms with Gasteiger partial charge in [-0.25, -0.2) is 4.79 Å². The van der Waals surface area contributed by atoms with Crippen molar-refractivity contribution >= 4 is 29.5 Å². The molecule has 0 bridgehead atoms. The highest BCUT2D eigenvalue weighted by molar-refractivity contribution is 6.32. The van der Waals surface area contributed by atoms with Crippen molar-refractivity contribution in [1.29, 1.82) is 0 Å². The van der Waals surface area contributed by atoms with E-state index in [1.165, 1.54) is 6.92 Å². The summed E-state index contributed by atoms with van der Waals surface area (Å²) in [6.07, 6.45) is 1.06. The maximum absolute atomic E-state index is 12.9. The highest BCUT2D eigenvalue weighted by Crippen LogP contribution is 2.32. The standard InChI is InChI=1S/C27H36ClN3O6/c1-18(32)29-15-7-6-8-23(31-26(34)37-27(2,3)4)25(33)30-17-19-9-11-20(12-10-19)36-24-14-13-21(35-5)16-22(24)28/h9-14,16,23H,6-8,15,17H2,1-5H3,(H,29,32)(H,30,33)(H,31,34)/t23-/m0/s1. The molecule has 0 heterocycles. The Hall–Kier alpha value is -3.46. The Morgan fingerprint density at radius 2 is 1.65 bits per heavy atom. The fourth-order valence-corrected chi connectivity index (χ4v) is 3.47. The number of halogens is 1. The molecule has 37 heavy (non-hydrogen) atoms. The SMILES string of the molecule is COc1ccc(Oc2ccc(CNC(=O)[C@H](CCCCNC(C)=O)NC(=O)OC(C)(C)C)cc2)c(Cl)c1. The zero-order valence-electron chi connectivity index (χ0n) is 22.0.